The van der Waals surface area contributed by atoms with E-state index in [4.69, 9.17) is 0 Å². The van der Waals surface area contributed by atoms with Gasteiger partial charge in [0.25, 0.3) is 0 Å². The second-order valence-corrected chi connectivity index (χ2v) is 1.93. The van der Waals surface area contributed by atoms with Gasteiger partial charge in [0.05, 0.1) is 0 Å². The molecule has 1 heterocycles. The molecular formula is C4H11N4O-. The van der Waals surface area contributed by atoms with E-state index in [1.807, 2.05) is 6.92 Å². The van der Waals surface area contributed by atoms with Crippen LogP contribution in [0.1, 0.15) is 6.92 Å². The van der Waals surface area contributed by atoms with Gasteiger partial charge in [0, 0.05) is 19.9 Å². The number of nitrogens with one attached hydrogen (secondary N) is 2. The van der Waals surface area contributed by atoms with Crippen molar-refractivity contribution in [1.29, 1.82) is 0 Å². The van der Waals surface area contributed by atoms with E-state index in [0.29, 0.717) is 6.54 Å². The third kappa shape index (κ3) is 1.38. The summed E-state index contributed by atoms with van der Waals surface area (Å²) in [5.41, 5.74) is 5.41. The first kappa shape index (κ1) is 6.91. The monoisotopic (exact) mass is 131 g/mol. The van der Waals surface area contributed by atoms with E-state index < -0.39 is 6.35 Å². The Balaban J connectivity index is 2.38. The molecule has 1 unspecified atom stereocenters. The maximum Gasteiger partial charge on any atom is 0.0188 e. The largest absolute Gasteiger partial charge is 0.827 e. The minimum Gasteiger partial charge on any atom is -0.827 e. The lowest BCUT2D eigenvalue weighted by Gasteiger charge is -2.23. The van der Waals surface area contributed by atoms with E-state index in [1.165, 1.54) is 0 Å². The number of rotatable bonds is 1. The maximum absolute atomic E-state index is 10.8. The summed E-state index contributed by atoms with van der Waals surface area (Å²) in [5.74, 6) is 0. The van der Waals surface area contributed by atoms with Crippen LogP contribution in [0, 0.1) is 0 Å². The van der Waals surface area contributed by atoms with Crippen LogP contribution in [0.15, 0.2) is 0 Å². The van der Waals surface area contributed by atoms with Crippen molar-refractivity contribution in [2.45, 2.75) is 13.3 Å². The van der Waals surface area contributed by atoms with Gasteiger partial charge >= 0.3 is 0 Å². The number of hydrogen-bond donors (Lipinski definition) is 2. The molecule has 2 N–H and O–H groups in total. The van der Waals surface area contributed by atoms with Crippen molar-refractivity contribution in [3.05, 3.63) is 0 Å². The first-order chi connectivity index (χ1) is 4.24. The highest BCUT2D eigenvalue weighted by Gasteiger charge is 2.15. The molecule has 5 nitrogen and oxygen atoms in total. The standard InChI is InChI=1S/C4H11N4O/c1-3-8-4(9)5-7(2)6-8/h4-6H,3H2,1-2H3/q-1. The Morgan fingerprint density at radius 3 is 2.56 bits per heavy atom. The van der Waals surface area contributed by atoms with Crippen LogP contribution >= 0.6 is 0 Å². The Morgan fingerprint density at radius 2 is 2.33 bits per heavy atom. The predicted molar refractivity (Wildman–Crippen MR) is 30.2 cm³/mol. The lowest BCUT2D eigenvalue weighted by atomic mass is 10.7. The van der Waals surface area contributed by atoms with Crippen LogP contribution in [-0.2, 0) is 0 Å². The molecule has 0 radical (unpaired) electrons. The molecule has 1 fully saturated rings. The van der Waals surface area contributed by atoms with E-state index in [-0.39, 0.29) is 0 Å². The fraction of sp³-hybridized carbons (Fsp3) is 1.00. The molecule has 0 aliphatic carbocycles. The Bertz CT molecular complexity index is 98.6. The summed E-state index contributed by atoms with van der Waals surface area (Å²) in [7, 11) is 1.75. The van der Waals surface area contributed by atoms with Crippen LogP contribution in [0.5, 0.6) is 0 Å². The maximum atomic E-state index is 10.8. The molecule has 1 aliphatic heterocycles. The van der Waals surface area contributed by atoms with Gasteiger partial charge in [-0.1, -0.05) is 6.92 Å². The van der Waals surface area contributed by atoms with E-state index in [2.05, 4.69) is 11.0 Å². The van der Waals surface area contributed by atoms with Gasteiger partial charge in [-0.3, -0.25) is 0 Å². The Morgan fingerprint density at radius 1 is 1.67 bits per heavy atom. The summed E-state index contributed by atoms with van der Waals surface area (Å²) >= 11 is 0. The lowest BCUT2D eigenvalue weighted by Crippen LogP contribution is -2.48. The summed E-state index contributed by atoms with van der Waals surface area (Å²) in [6, 6.07) is 0. The Hall–Kier alpha value is -0.200. The highest BCUT2D eigenvalue weighted by Crippen LogP contribution is 1.91. The highest BCUT2D eigenvalue weighted by molar-refractivity contribution is 4.52. The van der Waals surface area contributed by atoms with Crippen LogP contribution in [0.25, 0.3) is 0 Å². The van der Waals surface area contributed by atoms with Gasteiger partial charge in [-0.05, 0) is 0 Å². The van der Waals surface area contributed by atoms with Crippen molar-refractivity contribution < 1.29 is 5.11 Å². The first-order valence-electron chi connectivity index (χ1n) is 2.92. The molecule has 1 atom stereocenters. The molecule has 1 aliphatic rings. The molecule has 0 aromatic rings. The van der Waals surface area contributed by atoms with E-state index in [9.17, 15) is 5.11 Å². The normalized spacial score (nSPS) is 31.7. The van der Waals surface area contributed by atoms with Gasteiger partial charge in [-0.2, -0.15) is 10.7 Å². The molecule has 1 rings (SSSR count). The van der Waals surface area contributed by atoms with Crippen molar-refractivity contribution in [1.82, 2.24) is 21.1 Å². The van der Waals surface area contributed by atoms with E-state index in [0.717, 1.165) is 0 Å². The van der Waals surface area contributed by atoms with E-state index in [1.54, 1.807) is 17.2 Å². The van der Waals surface area contributed by atoms with Gasteiger partial charge in [0.15, 0.2) is 0 Å². The fourth-order valence-electron chi connectivity index (χ4n) is 0.746. The van der Waals surface area contributed by atoms with Gasteiger partial charge in [0.2, 0.25) is 0 Å². The quantitative estimate of drug-likeness (QED) is 0.424. The Labute approximate surface area is 54.2 Å². The summed E-state index contributed by atoms with van der Waals surface area (Å²) in [6.07, 6.45) is -0.847. The predicted octanol–water partition coefficient (Wildman–Crippen LogP) is -2.18. The highest BCUT2D eigenvalue weighted by atomic mass is 16.3. The summed E-state index contributed by atoms with van der Waals surface area (Å²) in [6.45, 7) is 2.62. The average molecular weight is 131 g/mol. The molecule has 9 heavy (non-hydrogen) atoms. The zero-order valence-electron chi connectivity index (χ0n) is 5.59. The molecular weight excluding hydrogens is 120 g/mol. The SMILES string of the molecule is CCN1NN(C)NC1[O-]. The molecule has 0 spiro atoms. The number of hydrazine groups is 3. The molecule has 54 valence electrons. The second kappa shape index (κ2) is 2.59. The summed E-state index contributed by atoms with van der Waals surface area (Å²) in [4.78, 5) is 0. The summed E-state index contributed by atoms with van der Waals surface area (Å²) < 4.78 is 0. The van der Waals surface area contributed by atoms with Gasteiger partial charge < -0.3 is 5.11 Å². The van der Waals surface area contributed by atoms with E-state index >= 15 is 0 Å². The topological polar surface area (TPSA) is 53.6 Å². The van der Waals surface area contributed by atoms with Crippen LogP contribution in [-0.4, -0.2) is 30.1 Å². The molecule has 0 amide bonds. The first-order valence-corrected chi connectivity index (χ1v) is 2.92. The number of nitrogens with zero attached hydrogens (tertiary/aromatic N) is 2. The number of hydrogen-bond acceptors (Lipinski definition) is 5. The third-order valence-corrected chi connectivity index (χ3v) is 1.21. The summed E-state index contributed by atoms with van der Waals surface area (Å²) in [5, 5.41) is 13.9. The van der Waals surface area contributed by atoms with Crippen LogP contribution in [0.4, 0.5) is 0 Å². The third-order valence-electron chi connectivity index (χ3n) is 1.21. The smallest absolute Gasteiger partial charge is 0.0188 e. The zero-order valence-corrected chi connectivity index (χ0v) is 5.59. The van der Waals surface area contributed by atoms with Crippen molar-refractivity contribution in [3.63, 3.8) is 0 Å². The minimum absolute atomic E-state index is 0.700. The molecule has 0 aromatic carbocycles. The fourth-order valence-corrected chi connectivity index (χ4v) is 0.746. The van der Waals surface area contributed by atoms with Gasteiger partial charge in [-0.25, -0.2) is 10.4 Å². The van der Waals surface area contributed by atoms with Crippen LogP contribution in [0.3, 0.4) is 0 Å². The van der Waals surface area contributed by atoms with Crippen molar-refractivity contribution in [2.75, 3.05) is 13.6 Å². The molecule has 0 aromatic heterocycles. The van der Waals surface area contributed by atoms with Crippen LogP contribution < -0.4 is 16.1 Å². The minimum atomic E-state index is -0.847. The van der Waals surface area contributed by atoms with Crippen molar-refractivity contribution >= 4 is 0 Å². The lowest BCUT2D eigenvalue weighted by molar-refractivity contribution is -0.462. The molecule has 0 bridgehead atoms. The van der Waals surface area contributed by atoms with Crippen molar-refractivity contribution in [2.24, 2.45) is 0 Å². The Kier molecular flexibility index (Phi) is 1.99. The molecule has 5 heteroatoms. The molecule has 1 saturated heterocycles. The second-order valence-electron chi connectivity index (χ2n) is 1.93. The molecule has 0 saturated carbocycles. The van der Waals surface area contributed by atoms with Gasteiger partial charge in [-0.15, -0.1) is 0 Å². The zero-order chi connectivity index (χ0) is 6.85. The average Bonchev–Trinajstić information content (AvgIpc) is 2.10. The van der Waals surface area contributed by atoms with Gasteiger partial charge in [0.1, 0.15) is 0 Å². The van der Waals surface area contributed by atoms with Crippen molar-refractivity contribution in [3.8, 4) is 0 Å². The van der Waals surface area contributed by atoms with Crippen LogP contribution in [0.2, 0.25) is 0 Å².